The number of nitrogens with one attached hydrogen (secondary N) is 1. The van der Waals surface area contributed by atoms with E-state index in [1.165, 1.54) is 18.4 Å². The second-order valence-electron chi connectivity index (χ2n) is 4.47. The number of anilines is 2. The fourth-order valence-electron chi connectivity index (χ4n) is 1.84. The third-order valence-corrected chi connectivity index (χ3v) is 2.94. The summed E-state index contributed by atoms with van der Waals surface area (Å²) in [5, 5.41) is 12.0. The largest absolute Gasteiger partial charge is 0.354 e. The lowest BCUT2D eigenvalue weighted by atomic mass is 10.1. The zero-order valence-corrected chi connectivity index (χ0v) is 11.1. The topological polar surface area (TPSA) is 48.7 Å². The zero-order valence-electron chi connectivity index (χ0n) is 11.1. The Morgan fingerprint density at radius 1 is 1.11 bits per heavy atom. The normalized spacial score (nSPS) is 9.89. The van der Waals surface area contributed by atoms with Crippen LogP contribution in [0.4, 0.5) is 11.4 Å². The Morgan fingerprint density at radius 3 is 2.42 bits per heavy atom. The molecular weight excluding hydrogens is 234 g/mol. The molecule has 0 amide bonds. The monoisotopic (exact) mass is 251 g/mol. The van der Waals surface area contributed by atoms with Crippen molar-refractivity contribution in [1.29, 1.82) is 5.26 Å². The van der Waals surface area contributed by atoms with Crippen LogP contribution in [-0.4, -0.2) is 4.98 Å². The molecule has 0 aliphatic rings. The maximum absolute atomic E-state index is 8.69. The molecule has 1 heterocycles. The molecule has 96 valence electrons. The molecule has 0 bridgehead atoms. The molecule has 3 nitrogen and oxygen atoms in total. The van der Waals surface area contributed by atoms with Crippen molar-refractivity contribution in [1.82, 2.24) is 4.98 Å². The van der Waals surface area contributed by atoms with E-state index >= 15 is 0 Å². The van der Waals surface area contributed by atoms with E-state index in [1.807, 2.05) is 12.1 Å². The standard InChI is InChI=1S/C16H17N3/c1-2-3-4-13-5-7-14(8-6-13)19-16-10-9-15(11-17)18-12-16/h5-10,12,19H,2-4H2,1H3. The predicted octanol–water partition coefficient (Wildman–Crippen LogP) is 4.04. The maximum atomic E-state index is 8.69. The molecular formula is C16H17N3. The van der Waals surface area contributed by atoms with Gasteiger partial charge >= 0.3 is 0 Å². The first-order valence-electron chi connectivity index (χ1n) is 6.54. The quantitative estimate of drug-likeness (QED) is 0.872. The van der Waals surface area contributed by atoms with Gasteiger partial charge in [0.05, 0.1) is 11.9 Å². The van der Waals surface area contributed by atoms with E-state index in [9.17, 15) is 0 Å². The number of hydrogen-bond acceptors (Lipinski definition) is 3. The van der Waals surface area contributed by atoms with E-state index in [2.05, 4.69) is 41.5 Å². The summed E-state index contributed by atoms with van der Waals surface area (Å²) in [7, 11) is 0. The smallest absolute Gasteiger partial charge is 0.140 e. The average molecular weight is 251 g/mol. The van der Waals surface area contributed by atoms with Crippen LogP contribution in [0.25, 0.3) is 0 Å². The Bertz CT molecular complexity index is 550. The minimum Gasteiger partial charge on any atom is -0.354 e. The molecule has 0 saturated carbocycles. The van der Waals surface area contributed by atoms with Gasteiger partial charge in [-0.05, 0) is 42.7 Å². The van der Waals surface area contributed by atoms with Gasteiger partial charge in [0.15, 0.2) is 0 Å². The van der Waals surface area contributed by atoms with Gasteiger partial charge in [-0.2, -0.15) is 5.26 Å². The molecule has 0 aliphatic heterocycles. The summed E-state index contributed by atoms with van der Waals surface area (Å²) in [5.41, 5.74) is 3.72. The summed E-state index contributed by atoms with van der Waals surface area (Å²) < 4.78 is 0. The molecule has 2 aromatic rings. The number of nitriles is 1. The van der Waals surface area contributed by atoms with Crippen molar-refractivity contribution in [3.05, 3.63) is 53.9 Å². The highest BCUT2D eigenvalue weighted by Gasteiger charge is 1.97. The van der Waals surface area contributed by atoms with Gasteiger partial charge in [0, 0.05) is 5.69 Å². The summed E-state index contributed by atoms with van der Waals surface area (Å²) >= 11 is 0. The molecule has 1 N–H and O–H groups in total. The van der Waals surface area contributed by atoms with Crippen molar-refractivity contribution >= 4 is 11.4 Å². The van der Waals surface area contributed by atoms with Gasteiger partial charge in [0.25, 0.3) is 0 Å². The van der Waals surface area contributed by atoms with Gasteiger partial charge in [-0.1, -0.05) is 25.5 Å². The van der Waals surface area contributed by atoms with Crippen LogP contribution < -0.4 is 5.32 Å². The van der Waals surface area contributed by atoms with E-state index in [0.29, 0.717) is 5.69 Å². The molecule has 0 radical (unpaired) electrons. The van der Waals surface area contributed by atoms with Crippen LogP contribution in [0.5, 0.6) is 0 Å². The number of rotatable bonds is 5. The Balaban J connectivity index is 2.00. The summed E-state index contributed by atoms with van der Waals surface area (Å²) in [6.45, 7) is 2.20. The average Bonchev–Trinajstić information content (AvgIpc) is 2.47. The Morgan fingerprint density at radius 2 is 1.84 bits per heavy atom. The molecule has 0 fully saturated rings. The second-order valence-corrected chi connectivity index (χ2v) is 4.47. The van der Waals surface area contributed by atoms with Gasteiger partial charge in [0.1, 0.15) is 11.8 Å². The highest BCUT2D eigenvalue weighted by atomic mass is 14.9. The molecule has 0 aliphatic carbocycles. The Kier molecular flexibility index (Phi) is 4.52. The van der Waals surface area contributed by atoms with Crippen LogP contribution in [0.3, 0.4) is 0 Å². The van der Waals surface area contributed by atoms with E-state index in [4.69, 9.17) is 5.26 Å². The number of unbranched alkanes of at least 4 members (excludes halogenated alkanes) is 1. The highest BCUT2D eigenvalue weighted by molar-refractivity contribution is 5.59. The summed E-state index contributed by atoms with van der Waals surface area (Å²) in [6, 6.07) is 14.0. The van der Waals surface area contributed by atoms with Gasteiger partial charge in [-0.15, -0.1) is 0 Å². The van der Waals surface area contributed by atoms with Crippen LogP contribution in [0.2, 0.25) is 0 Å². The van der Waals surface area contributed by atoms with Gasteiger partial charge < -0.3 is 5.32 Å². The number of pyridine rings is 1. The first-order chi connectivity index (χ1) is 9.31. The van der Waals surface area contributed by atoms with Crippen molar-refractivity contribution < 1.29 is 0 Å². The molecule has 0 saturated heterocycles. The minimum absolute atomic E-state index is 0.431. The highest BCUT2D eigenvalue weighted by Crippen LogP contribution is 2.17. The fourth-order valence-corrected chi connectivity index (χ4v) is 1.84. The van der Waals surface area contributed by atoms with Crippen molar-refractivity contribution in [2.24, 2.45) is 0 Å². The van der Waals surface area contributed by atoms with Crippen LogP contribution >= 0.6 is 0 Å². The van der Waals surface area contributed by atoms with Crippen molar-refractivity contribution in [3.8, 4) is 6.07 Å². The number of aryl methyl sites for hydroxylation is 1. The number of hydrogen-bond donors (Lipinski definition) is 1. The SMILES string of the molecule is CCCCc1ccc(Nc2ccc(C#N)nc2)cc1. The lowest BCUT2D eigenvalue weighted by molar-refractivity contribution is 0.795. The molecule has 0 spiro atoms. The summed E-state index contributed by atoms with van der Waals surface area (Å²) in [4.78, 5) is 4.03. The zero-order chi connectivity index (χ0) is 13.5. The summed E-state index contributed by atoms with van der Waals surface area (Å²) in [6.07, 6.45) is 5.25. The van der Waals surface area contributed by atoms with Crippen molar-refractivity contribution in [2.75, 3.05) is 5.32 Å². The first-order valence-corrected chi connectivity index (χ1v) is 6.54. The molecule has 0 atom stereocenters. The van der Waals surface area contributed by atoms with Crippen LogP contribution in [0.1, 0.15) is 31.0 Å². The fraction of sp³-hybridized carbons (Fsp3) is 0.250. The van der Waals surface area contributed by atoms with Gasteiger partial charge in [0.2, 0.25) is 0 Å². The number of aromatic nitrogens is 1. The number of nitrogens with zero attached hydrogens (tertiary/aromatic N) is 2. The van der Waals surface area contributed by atoms with Crippen LogP contribution in [-0.2, 0) is 6.42 Å². The number of benzene rings is 1. The molecule has 3 heteroatoms. The van der Waals surface area contributed by atoms with Crippen LogP contribution in [0.15, 0.2) is 42.6 Å². The van der Waals surface area contributed by atoms with E-state index in [0.717, 1.165) is 17.8 Å². The van der Waals surface area contributed by atoms with Crippen LogP contribution in [0, 0.1) is 11.3 Å². The molecule has 2 rings (SSSR count). The lowest BCUT2D eigenvalue weighted by Crippen LogP contribution is -1.92. The third kappa shape index (κ3) is 3.82. The van der Waals surface area contributed by atoms with Gasteiger partial charge in [-0.25, -0.2) is 4.98 Å². The molecule has 1 aromatic carbocycles. The molecule has 1 aromatic heterocycles. The third-order valence-electron chi connectivity index (χ3n) is 2.94. The molecule has 0 unspecified atom stereocenters. The lowest BCUT2D eigenvalue weighted by Gasteiger charge is -2.07. The van der Waals surface area contributed by atoms with Crippen molar-refractivity contribution in [2.45, 2.75) is 26.2 Å². The Labute approximate surface area is 113 Å². The van der Waals surface area contributed by atoms with E-state index in [-0.39, 0.29) is 0 Å². The molecule has 19 heavy (non-hydrogen) atoms. The minimum atomic E-state index is 0.431. The van der Waals surface area contributed by atoms with E-state index < -0.39 is 0 Å². The second kappa shape index (κ2) is 6.55. The maximum Gasteiger partial charge on any atom is 0.140 e. The first kappa shape index (κ1) is 13.1. The van der Waals surface area contributed by atoms with Crippen molar-refractivity contribution in [3.63, 3.8) is 0 Å². The predicted molar refractivity (Wildman–Crippen MR) is 77.3 cm³/mol. The Hall–Kier alpha value is -2.34. The van der Waals surface area contributed by atoms with Gasteiger partial charge in [-0.3, -0.25) is 0 Å². The summed E-state index contributed by atoms with van der Waals surface area (Å²) in [5.74, 6) is 0. The van der Waals surface area contributed by atoms with E-state index in [1.54, 1.807) is 12.3 Å².